The summed E-state index contributed by atoms with van der Waals surface area (Å²) in [6.07, 6.45) is 1.79. The number of ether oxygens (including phenoxy) is 1. The average molecular weight is 364 g/mol. The highest BCUT2D eigenvalue weighted by Gasteiger charge is 2.54. The lowest BCUT2D eigenvalue weighted by molar-refractivity contribution is -0.586. The van der Waals surface area contributed by atoms with Crippen LogP contribution in [0.5, 0.6) is 5.75 Å². The van der Waals surface area contributed by atoms with Crippen LogP contribution in [0.4, 0.5) is 5.69 Å². The third-order valence-corrected chi connectivity index (χ3v) is 6.17. The Morgan fingerprint density at radius 2 is 2.00 bits per heavy atom. The second-order valence-electron chi connectivity index (χ2n) is 8.01. The number of nitrogen functional groups attached to an aromatic ring is 1. The van der Waals surface area contributed by atoms with E-state index in [0.29, 0.717) is 22.9 Å². The monoisotopic (exact) mass is 364 g/mol. The van der Waals surface area contributed by atoms with E-state index in [0.717, 1.165) is 45.4 Å². The molecule has 1 saturated heterocycles. The van der Waals surface area contributed by atoms with Crippen LogP contribution < -0.4 is 15.2 Å². The van der Waals surface area contributed by atoms with Crippen LogP contribution >= 0.6 is 0 Å². The summed E-state index contributed by atoms with van der Waals surface area (Å²) in [4.78, 5) is 5.43. The van der Waals surface area contributed by atoms with Crippen LogP contribution in [0.3, 0.4) is 0 Å². The van der Waals surface area contributed by atoms with Gasteiger partial charge in [-0.15, -0.1) is 0 Å². The number of likely N-dealkylation sites (tertiary alicyclic amines) is 1. The molecule has 0 bridgehead atoms. The fourth-order valence-corrected chi connectivity index (χ4v) is 4.67. The van der Waals surface area contributed by atoms with Gasteiger partial charge in [0, 0.05) is 35.8 Å². The number of hydrogen-bond donors (Lipinski definition) is 2. The van der Waals surface area contributed by atoms with Crippen LogP contribution in [0, 0.1) is 29.9 Å². The van der Waals surface area contributed by atoms with Crippen molar-refractivity contribution < 1.29 is 9.47 Å². The molecule has 140 valence electrons. The normalized spacial score (nSPS) is 24.3. The van der Waals surface area contributed by atoms with E-state index in [4.69, 9.17) is 10.5 Å². The molecule has 3 N–H and O–H groups in total. The number of rotatable bonds is 4. The van der Waals surface area contributed by atoms with Gasteiger partial charge in [0.05, 0.1) is 18.2 Å². The van der Waals surface area contributed by atoms with Gasteiger partial charge in [0.1, 0.15) is 11.4 Å². The van der Waals surface area contributed by atoms with Crippen LogP contribution in [0.25, 0.3) is 22.2 Å². The molecule has 6 nitrogen and oxygen atoms in total. The lowest BCUT2D eigenvalue weighted by Crippen LogP contribution is -2.31. The number of nitrogens with zero attached hydrogens (tertiary/aromatic N) is 2. The minimum Gasteiger partial charge on any atom is -0.710 e. The Morgan fingerprint density at radius 1 is 1.22 bits per heavy atom. The SMILES string of the molecule is Cc1cc(-c2cc(N)ccc2OCC2C3CN(C)CC23)c2cc[nH]c2[n+]1[O-]. The van der Waals surface area contributed by atoms with Crippen molar-refractivity contribution in [1.29, 1.82) is 0 Å². The van der Waals surface area contributed by atoms with E-state index in [1.165, 1.54) is 13.1 Å². The lowest BCUT2D eigenvalue weighted by atomic mass is 10.0. The molecule has 5 rings (SSSR count). The van der Waals surface area contributed by atoms with Crippen molar-refractivity contribution in [1.82, 2.24) is 9.88 Å². The van der Waals surface area contributed by atoms with Gasteiger partial charge in [-0.3, -0.25) is 0 Å². The number of aryl methyl sites for hydroxylation is 1. The quantitative estimate of drug-likeness (QED) is 0.423. The number of hydrogen-bond acceptors (Lipinski definition) is 4. The van der Waals surface area contributed by atoms with Gasteiger partial charge in [0.25, 0.3) is 5.65 Å². The Hall–Kier alpha value is -2.73. The Balaban J connectivity index is 1.49. The molecule has 27 heavy (non-hydrogen) atoms. The first-order valence-electron chi connectivity index (χ1n) is 9.44. The predicted molar refractivity (Wildman–Crippen MR) is 105 cm³/mol. The van der Waals surface area contributed by atoms with Crippen molar-refractivity contribution in [2.24, 2.45) is 17.8 Å². The number of piperidine rings is 1. The van der Waals surface area contributed by atoms with Crippen molar-refractivity contribution in [3.63, 3.8) is 0 Å². The van der Waals surface area contributed by atoms with E-state index in [1.807, 2.05) is 37.3 Å². The summed E-state index contributed by atoms with van der Waals surface area (Å²) in [6.45, 7) is 4.91. The van der Waals surface area contributed by atoms with Crippen molar-refractivity contribution in [3.8, 4) is 16.9 Å². The Labute approximate surface area is 158 Å². The van der Waals surface area contributed by atoms with E-state index < -0.39 is 0 Å². The number of fused-ring (bicyclic) bond motifs is 2. The number of benzene rings is 1. The van der Waals surface area contributed by atoms with Gasteiger partial charge in [0.15, 0.2) is 0 Å². The zero-order chi connectivity index (χ0) is 18.7. The molecule has 3 heterocycles. The van der Waals surface area contributed by atoms with Crippen LogP contribution in [0.1, 0.15) is 5.69 Å². The largest absolute Gasteiger partial charge is 0.710 e. The Kier molecular flexibility index (Phi) is 3.59. The number of aromatic nitrogens is 2. The summed E-state index contributed by atoms with van der Waals surface area (Å²) >= 11 is 0. The minimum absolute atomic E-state index is 0.554. The van der Waals surface area contributed by atoms with Gasteiger partial charge in [0.2, 0.25) is 0 Å². The summed E-state index contributed by atoms with van der Waals surface area (Å²) in [6, 6.07) is 9.59. The first-order valence-corrected chi connectivity index (χ1v) is 9.44. The fraction of sp³-hybridized carbons (Fsp3) is 0.381. The number of anilines is 1. The molecule has 2 fully saturated rings. The highest BCUT2D eigenvalue weighted by atomic mass is 16.5. The molecule has 3 aromatic rings. The second-order valence-corrected chi connectivity index (χ2v) is 8.01. The van der Waals surface area contributed by atoms with Crippen molar-refractivity contribution in [2.75, 3.05) is 32.5 Å². The first-order chi connectivity index (χ1) is 13.0. The number of nitrogens with one attached hydrogen (secondary N) is 1. The standard InChI is InChI=1S/C21H24N4O2/c1-12-7-15(14-5-6-23-21(14)25(12)26)16-8-13(22)3-4-20(16)27-11-19-17-9-24(2)10-18(17)19/h3-8,17-19,23H,9-11,22H2,1-2H3. The molecule has 0 amide bonds. The minimum atomic E-state index is 0.554. The molecule has 0 spiro atoms. The van der Waals surface area contributed by atoms with E-state index in [-0.39, 0.29) is 0 Å². The fourth-order valence-electron chi connectivity index (χ4n) is 4.67. The topological polar surface area (TPSA) is 81.2 Å². The Bertz CT molecular complexity index is 1020. The number of nitrogens with two attached hydrogens (primary N) is 1. The van der Waals surface area contributed by atoms with Gasteiger partial charge < -0.3 is 20.6 Å². The Morgan fingerprint density at radius 3 is 2.78 bits per heavy atom. The highest BCUT2D eigenvalue weighted by molar-refractivity contribution is 5.94. The molecule has 2 unspecified atom stereocenters. The summed E-state index contributed by atoms with van der Waals surface area (Å²) in [5, 5.41) is 13.2. The van der Waals surface area contributed by atoms with E-state index >= 15 is 0 Å². The summed E-state index contributed by atoms with van der Waals surface area (Å²) in [7, 11) is 2.18. The maximum atomic E-state index is 12.3. The molecule has 2 atom stereocenters. The summed E-state index contributed by atoms with van der Waals surface area (Å²) in [5.74, 6) is 3.04. The molecule has 1 aliphatic heterocycles. The zero-order valence-electron chi connectivity index (χ0n) is 15.6. The van der Waals surface area contributed by atoms with Crippen LogP contribution in [0.15, 0.2) is 36.5 Å². The average Bonchev–Trinajstić information content (AvgIpc) is 3.03. The maximum Gasteiger partial charge on any atom is 0.290 e. The molecule has 2 aromatic heterocycles. The number of H-pyrrole nitrogens is 1. The molecule has 1 aliphatic carbocycles. The molecule has 0 radical (unpaired) electrons. The third kappa shape index (κ3) is 2.63. The van der Waals surface area contributed by atoms with Crippen LogP contribution in [0.2, 0.25) is 0 Å². The van der Waals surface area contributed by atoms with Gasteiger partial charge in [-0.25, -0.2) is 9.71 Å². The van der Waals surface area contributed by atoms with Crippen molar-refractivity contribution in [3.05, 3.63) is 47.4 Å². The number of aromatic amines is 1. The van der Waals surface area contributed by atoms with E-state index in [1.54, 1.807) is 6.20 Å². The molecule has 2 aliphatic rings. The van der Waals surface area contributed by atoms with Crippen LogP contribution in [-0.2, 0) is 0 Å². The van der Waals surface area contributed by atoms with Gasteiger partial charge in [-0.2, -0.15) is 0 Å². The summed E-state index contributed by atoms with van der Waals surface area (Å²) in [5.41, 5.74) is 9.85. The second kappa shape index (κ2) is 5.89. The van der Waals surface area contributed by atoms with E-state index in [9.17, 15) is 5.21 Å². The van der Waals surface area contributed by atoms with Crippen molar-refractivity contribution >= 4 is 16.7 Å². The van der Waals surface area contributed by atoms with Crippen molar-refractivity contribution in [2.45, 2.75) is 6.92 Å². The first kappa shape index (κ1) is 16.4. The smallest absolute Gasteiger partial charge is 0.290 e. The highest BCUT2D eigenvalue weighted by Crippen LogP contribution is 2.51. The van der Waals surface area contributed by atoms with Crippen LogP contribution in [-0.4, -0.2) is 36.6 Å². The van der Waals surface area contributed by atoms with Gasteiger partial charge >= 0.3 is 0 Å². The summed E-state index contributed by atoms with van der Waals surface area (Å²) < 4.78 is 7.19. The molecule has 1 aromatic carbocycles. The number of pyridine rings is 1. The van der Waals surface area contributed by atoms with E-state index in [2.05, 4.69) is 16.9 Å². The predicted octanol–water partition coefficient (Wildman–Crippen LogP) is 2.55. The van der Waals surface area contributed by atoms with Gasteiger partial charge in [-0.1, -0.05) is 0 Å². The molecular weight excluding hydrogens is 340 g/mol. The maximum absolute atomic E-state index is 12.3. The molecule has 1 saturated carbocycles. The molecular formula is C21H24N4O2. The zero-order valence-corrected chi connectivity index (χ0v) is 15.6. The molecule has 6 heteroatoms. The lowest BCUT2D eigenvalue weighted by Gasteiger charge is -2.17. The van der Waals surface area contributed by atoms with Gasteiger partial charge in [-0.05, 0) is 56.1 Å². The third-order valence-electron chi connectivity index (χ3n) is 6.17.